The zero-order valence-electron chi connectivity index (χ0n) is 9.13. The molecule has 0 aromatic heterocycles. The number of amides is 1. The third kappa shape index (κ3) is 6.84. The van der Waals surface area contributed by atoms with Crippen molar-refractivity contribution in [3.63, 3.8) is 0 Å². The average molecular weight is 267 g/mol. The Morgan fingerprint density at radius 2 is 1.65 bits per heavy atom. The number of hydrogen-bond acceptors (Lipinski definition) is 3. The van der Waals surface area contributed by atoms with Gasteiger partial charge in [0.25, 0.3) is 0 Å². The standard InChI is InChI=1S/C10H9F2NO3.K/c11-6-3-7(12)5-8(4-6)13-9(14)1-2-10(15)16;/h3-5H,1-2H2,(H,13,14)(H,15,16);/q;+1/p-1. The molecule has 1 aromatic rings. The molecule has 0 spiro atoms. The van der Waals surface area contributed by atoms with Crippen LogP contribution in [0.5, 0.6) is 0 Å². The number of benzene rings is 1. The number of hydrogen-bond donors (Lipinski definition) is 1. The van der Waals surface area contributed by atoms with Crippen LogP contribution >= 0.6 is 0 Å². The van der Waals surface area contributed by atoms with E-state index < -0.39 is 29.9 Å². The number of aliphatic carboxylic acids is 1. The third-order valence-electron chi connectivity index (χ3n) is 1.70. The molecule has 86 valence electrons. The number of carboxylic acids is 1. The van der Waals surface area contributed by atoms with Crippen LogP contribution in [0.15, 0.2) is 18.2 Å². The Kier molecular flexibility index (Phi) is 7.72. The molecule has 7 heteroatoms. The van der Waals surface area contributed by atoms with E-state index in [0.29, 0.717) is 6.07 Å². The van der Waals surface area contributed by atoms with Crippen molar-refractivity contribution in [2.45, 2.75) is 12.8 Å². The maximum absolute atomic E-state index is 12.7. The van der Waals surface area contributed by atoms with E-state index in [4.69, 9.17) is 0 Å². The molecule has 0 fully saturated rings. The normalized spacial score (nSPS) is 9.29. The first kappa shape index (κ1) is 16.7. The predicted octanol–water partition coefficient (Wildman–Crippen LogP) is -2.56. The summed E-state index contributed by atoms with van der Waals surface area (Å²) in [7, 11) is 0. The zero-order chi connectivity index (χ0) is 12.1. The topological polar surface area (TPSA) is 69.2 Å². The van der Waals surface area contributed by atoms with Crippen LogP contribution in [-0.4, -0.2) is 11.9 Å². The average Bonchev–Trinajstić information content (AvgIpc) is 2.12. The Bertz CT molecular complexity index is 406. The summed E-state index contributed by atoms with van der Waals surface area (Å²) in [6.07, 6.45) is -0.746. The molecule has 0 saturated carbocycles. The predicted molar refractivity (Wildman–Crippen MR) is 49.2 cm³/mol. The van der Waals surface area contributed by atoms with Gasteiger partial charge in [-0.05, 0) is 18.6 Å². The van der Waals surface area contributed by atoms with Crippen molar-refractivity contribution >= 4 is 17.6 Å². The minimum Gasteiger partial charge on any atom is -0.550 e. The number of carbonyl (C=O) groups excluding carboxylic acids is 2. The van der Waals surface area contributed by atoms with Gasteiger partial charge in [-0.25, -0.2) is 8.78 Å². The smallest absolute Gasteiger partial charge is 0.550 e. The number of anilines is 1. The Morgan fingerprint density at radius 3 is 2.12 bits per heavy atom. The Balaban J connectivity index is 0.00000256. The quantitative estimate of drug-likeness (QED) is 0.610. The first-order valence-corrected chi connectivity index (χ1v) is 4.43. The molecule has 0 bridgehead atoms. The summed E-state index contributed by atoms with van der Waals surface area (Å²) in [6.45, 7) is 0. The van der Waals surface area contributed by atoms with Gasteiger partial charge in [0.15, 0.2) is 0 Å². The second-order valence-corrected chi connectivity index (χ2v) is 3.08. The van der Waals surface area contributed by atoms with Crippen molar-refractivity contribution in [2.75, 3.05) is 5.32 Å². The van der Waals surface area contributed by atoms with Gasteiger partial charge in [-0.3, -0.25) is 4.79 Å². The van der Waals surface area contributed by atoms with Crippen molar-refractivity contribution in [3.8, 4) is 0 Å². The van der Waals surface area contributed by atoms with Crippen molar-refractivity contribution in [1.82, 2.24) is 0 Å². The summed E-state index contributed by atoms with van der Waals surface area (Å²) in [5.41, 5.74) is -0.0548. The van der Waals surface area contributed by atoms with E-state index in [0.717, 1.165) is 12.1 Å². The van der Waals surface area contributed by atoms with Gasteiger partial charge >= 0.3 is 51.4 Å². The van der Waals surface area contributed by atoms with Crippen LogP contribution < -0.4 is 61.8 Å². The van der Waals surface area contributed by atoms with Crippen LogP contribution in [0.2, 0.25) is 0 Å². The maximum atomic E-state index is 12.7. The first-order valence-electron chi connectivity index (χ1n) is 4.43. The summed E-state index contributed by atoms with van der Waals surface area (Å²) in [5.74, 6) is -3.65. The number of nitrogens with one attached hydrogen (secondary N) is 1. The van der Waals surface area contributed by atoms with E-state index in [1.807, 2.05) is 0 Å². The van der Waals surface area contributed by atoms with Crippen molar-refractivity contribution in [2.24, 2.45) is 0 Å². The number of carbonyl (C=O) groups is 2. The summed E-state index contributed by atoms with van der Waals surface area (Å²) >= 11 is 0. The van der Waals surface area contributed by atoms with Crippen molar-refractivity contribution < 1.29 is 74.9 Å². The van der Waals surface area contributed by atoms with Crippen LogP contribution in [0.4, 0.5) is 14.5 Å². The summed E-state index contributed by atoms with van der Waals surface area (Å²) < 4.78 is 25.4. The molecular formula is C10H8F2KNO3. The Labute approximate surface area is 139 Å². The molecule has 0 aliphatic rings. The van der Waals surface area contributed by atoms with E-state index in [1.165, 1.54) is 0 Å². The molecule has 0 unspecified atom stereocenters. The SMILES string of the molecule is O=C([O-])CCC(=O)Nc1cc(F)cc(F)c1.[K+]. The van der Waals surface area contributed by atoms with E-state index in [2.05, 4.69) is 5.32 Å². The minimum atomic E-state index is -1.36. The van der Waals surface area contributed by atoms with Gasteiger partial charge in [0.1, 0.15) is 11.6 Å². The largest absolute Gasteiger partial charge is 1.00 e. The maximum Gasteiger partial charge on any atom is 1.00 e. The first-order chi connectivity index (χ1) is 7.47. The molecule has 0 atom stereocenters. The second kappa shape index (κ2) is 7.88. The van der Waals surface area contributed by atoms with Crippen LogP contribution in [-0.2, 0) is 9.59 Å². The molecule has 4 nitrogen and oxygen atoms in total. The fraction of sp³-hybridized carbons (Fsp3) is 0.200. The van der Waals surface area contributed by atoms with Crippen LogP contribution in [0.1, 0.15) is 12.8 Å². The molecule has 0 radical (unpaired) electrons. The van der Waals surface area contributed by atoms with Crippen LogP contribution in [0.25, 0.3) is 0 Å². The Morgan fingerprint density at radius 1 is 1.12 bits per heavy atom. The van der Waals surface area contributed by atoms with E-state index >= 15 is 0 Å². The molecule has 0 saturated heterocycles. The van der Waals surface area contributed by atoms with Crippen LogP contribution in [0, 0.1) is 11.6 Å². The summed E-state index contributed by atoms with van der Waals surface area (Å²) in [5, 5.41) is 12.2. The van der Waals surface area contributed by atoms with E-state index in [9.17, 15) is 23.5 Å². The van der Waals surface area contributed by atoms with E-state index in [-0.39, 0.29) is 63.5 Å². The van der Waals surface area contributed by atoms with Gasteiger partial charge < -0.3 is 15.2 Å². The molecule has 1 aromatic carbocycles. The van der Waals surface area contributed by atoms with Gasteiger partial charge in [0.2, 0.25) is 5.91 Å². The van der Waals surface area contributed by atoms with Crippen molar-refractivity contribution in [1.29, 1.82) is 0 Å². The second-order valence-electron chi connectivity index (χ2n) is 3.08. The molecule has 0 aliphatic heterocycles. The molecule has 1 amide bonds. The van der Waals surface area contributed by atoms with Crippen molar-refractivity contribution in [3.05, 3.63) is 29.8 Å². The van der Waals surface area contributed by atoms with E-state index in [1.54, 1.807) is 0 Å². The van der Waals surface area contributed by atoms with Gasteiger partial charge in [-0.1, -0.05) is 0 Å². The zero-order valence-corrected chi connectivity index (χ0v) is 12.3. The van der Waals surface area contributed by atoms with Gasteiger partial charge in [-0.15, -0.1) is 0 Å². The van der Waals surface area contributed by atoms with Gasteiger partial charge in [0.05, 0.1) is 0 Å². The monoisotopic (exact) mass is 267 g/mol. The fourth-order valence-corrected chi connectivity index (χ4v) is 1.07. The Hall–Kier alpha value is -0.344. The van der Waals surface area contributed by atoms with Gasteiger partial charge in [0, 0.05) is 24.1 Å². The number of carboxylic acid groups (broad SMARTS) is 1. The number of halogens is 2. The molecule has 0 aliphatic carbocycles. The molecule has 1 rings (SSSR count). The molecule has 17 heavy (non-hydrogen) atoms. The minimum absolute atomic E-state index is 0. The third-order valence-corrected chi connectivity index (χ3v) is 1.70. The summed E-state index contributed by atoms with van der Waals surface area (Å²) in [4.78, 5) is 21.1. The molecular weight excluding hydrogens is 259 g/mol. The fourth-order valence-electron chi connectivity index (χ4n) is 1.07. The molecule has 1 N–H and O–H groups in total. The van der Waals surface area contributed by atoms with Crippen LogP contribution in [0.3, 0.4) is 0 Å². The molecule has 0 heterocycles. The number of rotatable bonds is 4. The van der Waals surface area contributed by atoms with Gasteiger partial charge in [-0.2, -0.15) is 0 Å². The summed E-state index contributed by atoms with van der Waals surface area (Å²) in [6, 6.07) is 2.52.